The molecule has 20 heavy (non-hydrogen) atoms. The van der Waals surface area contributed by atoms with E-state index < -0.39 is 5.60 Å². The van der Waals surface area contributed by atoms with Crippen molar-refractivity contribution < 1.29 is 9.90 Å². The van der Waals surface area contributed by atoms with Crippen molar-refractivity contribution in [3.8, 4) is 0 Å². The Morgan fingerprint density at radius 2 is 2.00 bits per heavy atom. The summed E-state index contributed by atoms with van der Waals surface area (Å²) in [4.78, 5) is 12.7. The van der Waals surface area contributed by atoms with Gasteiger partial charge in [0.15, 0.2) is 0 Å². The van der Waals surface area contributed by atoms with Gasteiger partial charge in [0.05, 0.1) is 10.6 Å². The molecule has 0 aliphatic heterocycles. The summed E-state index contributed by atoms with van der Waals surface area (Å²) in [5.41, 5.74) is -0.848. The molecular formula is C15H18ClNO2S. The number of hydrogen-bond acceptors (Lipinski definition) is 3. The van der Waals surface area contributed by atoms with Crippen molar-refractivity contribution in [2.24, 2.45) is 0 Å². The summed E-state index contributed by atoms with van der Waals surface area (Å²) >= 11 is 7.63. The number of aliphatic hydroxyl groups is 1. The number of amides is 1. The van der Waals surface area contributed by atoms with Gasteiger partial charge in [0.2, 0.25) is 0 Å². The van der Waals surface area contributed by atoms with Crippen LogP contribution in [0.5, 0.6) is 0 Å². The number of hydrogen-bond donors (Lipinski definition) is 2. The van der Waals surface area contributed by atoms with Crippen molar-refractivity contribution in [3.05, 3.63) is 34.2 Å². The first-order valence-corrected chi connectivity index (χ1v) is 7.88. The van der Waals surface area contributed by atoms with Gasteiger partial charge in [-0.2, -0.15) is 0 Å². The van der Waals surface area contributed by atoms with Crippen LogP contribution in [0.1, 0.15) is 36.4 Å². The standard InChI is InChI=1S/C15H18ClNO2S/c1-3-15(19,4-2)9-17-14(18)13-12(16)10-7-5-6-8-11(10)20-13/h5-8,19H,3-4,9H2,1-2H3,(H,17,18). The highest BCUT2D eigenvalue weighted by Gasteiger charge is 2.24. The van der Waals surface area contributed by atoms with Gasteiger partial charge in [-0.05, 0) is 18.9 Å². The molecule has 5 heteroatoms. The Labute approximate surface area is 127 Å². The lowest BCUT2D eigenvalue weighted by molar-refractivity contribution is 0.0314. The third-order valence-electron chi connectivity index (χ3n) is 3.64. The van der Waals surface area contributed by atoms with Crippen LogP contribution in [0.3, 0.4) is 0 Å². The van der Waals surface area contributed by atoms with E-state index in [0.717, 1.165) is 10.1 Å². The molecule has 108 valence electrons. The average Bonchev–Trinajstić information content (AvgIpc) is 2.82. The van der Waals surface area contributed by atoms with E-state index in [1.54, 1.807) is 0 Å². The van der Waals surface area contributed by atoms with E-state index in [-0.39, 0.29) is 12.5 Å². The van der Waals surface area contributed by atoms with E-state index in [1.165, 1.54) is 11.3 Å². The third kappa shape index (κ3) is 2.97. The first-order valence-electron chi connectivity index (χ1n) is 6.68. The summed E-state index contributed by atoms with van der Waals surface area (Å²) in [5.74, 6) is -0.225. The van der Waals surface area contributed by atoms with Crippen molar-refractivity contribution in [3.63, 3.8) is 0 Å². The number of carbonyl (C=O) groups excluding carboxylic acids is 1. The lowest BCUT2D eigenvalue weighted by atomic mass is 9.98. The molecule has 0 fully saturated rings. The van der Waals surface area contributed by atoms with E-state index in [9.17, 15) is 9.90 Å². The van der Waals surface area contributed by atoms with Crippen molar-refractivity contribution >= 4 is 38.9 Å². The first-order chi connectivity index (χ1) is 9.50. The van der Waals surface area contributed by atoms with Gasteiger partial charge >= 0.3 is 0 Å². The maximum atomic E-state index is 12.2. The summed E-state index contributed by atoms with van der Waals surface area (Å²) in [6, 6.07) is 7.66. The Hall–Kier alpha value is -1.10. The van der Waals surface area contributed by atoms with Crippen LogP contribution in [0.4, 0.5) is 0 Å². The molecule has 0 atom stereocenters. The zero-order chi connectivity index (χ0) is 14.8. The predicted molar refractivity (Wildman–Crippen MR) is 84.7 cm³/mol. The van der Waals surface area contributed by atoms with Gasteiger partial charge in [-0.25, -0.2) is 0 Å². The van der Waals surface area contributed by atoms with Crippen LogP contribution in [0.25, 0.3) is 10.1 Å². The zero-order valence-electron chi connectivity index (χ0n) is 11.6. The molecule has 1 amide bonds. The highest BCUT2D eigenvalue weighted by molar-refractivity contribution is 7.21. The number of nitrogens with one attached hydrogen (secondary N) is 1. The van der Waals surface area contributed by atoms with Gasteiger partial charge in [0, 0.05) is 16.6 Å². The minimum Gasteiger partial charge on any atom is -0.388 e. The van der Waals surface area contributed by atoms with Gasteiger partial charge in [0.1, 0.15) is 4.88 Å². The van der Waals surface area contributed by atoms with Crippen LogP contribution in [0, 0.1) is 0 Å². The molecule has 0 saturated heterocycles. The fourth-order valence-corrected chi connectivity index (χ4v) is 3.42. The van der Waals surface area contributed by atoms with E-state index in [1.807, 2.05) is 38.1 Å². The molecule has 0 bridgehead atoms. The van der Waals surface area contributed by atoms with Crippen molar-refractivity contribution in [1.29, 1.82) is 0 Å². The fraction of sp³-hybridized carbons (Fsp3) is 0.400. The van der Waals surface area contributed by atoms with Crippen molar-refractivity contribution in [2.75, 3.05) is 6.54 Å². The van der Waals surface area contributed by atoms with E-state index >= 15 is 0 Å². The lowest BCUT2D eigenvalue weighted by Gasteiger charge is -2.25. The van der Waals surface area contributed by atoms with Crippen LogP contribution in [0.2, 0.25) is 5.02 Å². The van der Waals surface area contributed by atoms with Gasteiger partial charge in [0.25, 0.3) is 5.91 Å². The Kier molecular flexibility index (Phi) is 4.68. The first kappa shape index (κ1) is 15.3. The number of thiophene rings is 1. The molecule has 1 aromatic heterocycles. The quantitative estimate of drug-likeness (QED) is 0.881. The predicted octanol–water partition coefficient (Wildman–Crippen LogP) is 3.84. The number of rotatable bonds is 5. The zero-order valence-corrected chi connectivity index (χ0v) is 13.1. The minimum absolute atomic E-state index is 0.225. The maximum Gasteiger partial charge on any atom is 0.263 e. The Morgan fingerprint density at radius 3 is 2.60 bits per heavy atom. The fourth-order valence-electron chi connectivity index (χ4n) is 1.99. The van der Waals surface area contributed by atoms with E-state index in [0.29, 0.717) is 22.7 Å². The molecule has 0 saturated carbocycles. The second kappa shape index (κ2) is 6.12. The second-order valence-electron chi connectivity index (χ2n) is 4.86. The number of fused-ring (bicyclic) bond motifs is 1. The van der Waals surface area contributed by atoms with Crippen molar-refractivity contribution in [2.45, 2.75) is 32.3 Å². The summed E-state index contributed by atoms with van der Waals surface area (Å²) < 4.78 is 0.990. The Bertz CT molecular complexity index is 619. The molecule has 0 spiro atoms. The molecular weight excluding hydrogens is 294 g/mol. The third-order valence-corrected chi connectivity index (χ3v) is 5.31. The summed E-state index contributed by atoms with van der Waals surface area (Å²) in [6.45, 7) is 4.05. The van der Waals surface area contributed by atoms with Crippen LogP contribution in [-0.2, 0) is 0 Å². The molecule has 0 aliphatic rings. The maximum absolute atomic E-state index is 12.2. The van der Waals surface area contributed by atoms with Crippen LogP contribution in [-0.4, -0.2) is 23.2 Å². The van der Waals surface area contributed by atoms with E-state index in [2.05, 4.69) is 5.32 Å². The van der Waals surface area contributed by atoms with Crippen LogP contribution >= 0.6 is 22.9 Å². The van der Waals surface area contributed by atoms with Gasteiger partial charge in [-0.1, -0.05) is 43.6 Å². The Balaban J connectivity index is 2.18. The van der Waals surface area contributed by atoms with Crippen LogP contribution < -0.4 is 5.32 Å². The molecule has 2 rings (SSSR count). The molecule has 2 aromatic rings. The van der Waals surface area contributed by atoms with Gasteiger partial charge in [-0.3, -0.25) is 4.79 Å². The van der Waals surface area contributed by atoms with Gasteiger partial charge in [-0.15, -0.1) is 11.3 Å². The number of carbonyl (C=O) groups is 1. The van der Waals surface area contributed by atoms with E-state index in [4.69, 9.17) is 11.6 Å². The minimum atomic E-state index is -0.848. The molecule has 0 radical (unpaired) electrons. The highest BCUT2D eigenvalue weighted by Crippen LogP contribution is 2.35. The smallest absolute Gasteiger partial charge is 0.263 e. The van der Waals surface area contributed by atoms with Crippen molar-refractivity contribution in [1.82, 2.24) is 5.32 Å². The summed E-state index contributed by atoms with van der Waals surface area (Å²) in [7, 11) is 0. The molecule has 1 aromatic carbocycles. The molecule has 0 aliphatic carbocycles. The average molecular weight is 312 g/mol. The molecule has 3 nitrogen and oxygen atoms in total. The Morgan fingerprint density at radius 1 is 1.35 bits per heavy atom. The normalized spacial score (nSPS) is 11.8. The molecule has 1 heterocycles. The second-order valence-corrected chi connectivity index (χ2v) is 6.29. The molecule has 0 unspecified atom stereocenters. The van der Waals surface area contributed by atoms with Gasteiger partial charge < -0.3 is 10.4 Å². The summed E-state index contributed by atoms with van der Waals surface area (Å²) in [5, 5.41) is 14.3. The highest BCUT2D eigenvalue weighted by atomic mass is 35.5. The largest absolute Gasteiger partial charge is 0.388 e. The lowest BCUT2D eigenvalue weighted by Crippen LogP contribution is -2.41. The number of halogens is 1. The SMILES string of the molecule is CCC(O)(CC)CNC(=O)c1sc2ccccc2c1Cl. The summed E-state index contributed by atoms with van der Waals surface area (Å²) in [6.07, 6.45) is 1.20. The van der Waals surface area contributed by atoms with Crippen LogP contribution in [0.15, 0.2) is 24.3 Å². The molecule has 2 N–H and O–H groups in total. The monoisotopic (exact) mass is 311 g/mol. The topological polar surface area (TPSA) is 49.3 Å². The number of benzene rings is 1.